The maximum Gasteiger partial charge on any atom is 0.346 e. The summed E-state index contributed by atoms with van der Waals surface area (Å²) in [5.74, 6) is -13.0. The van der Waals surface area contributed by atoms with Gasteiger partial charge in [-0.2, -0.15) is 0 Å². The van der Waals surface area contributed by atoms with Crippen LogP contribution in [0.4, 0.5) is 22.0 Å². The number of benzene rings is 1. The van der Waals surface area contributed by atoms with Gasteiger partial charge in [0.2, 0.25) is 5.82 Å². The lowest BCUT2D eigenvalue weighted by Gasteiger charge is -2.12. The number of carbonyl (C=O) groups excluding carboxylic acids is 1. The van der Waals surface area contributed by atoms with Crippen molar-refractivity contribution in [2.24, 2.45) is 0 Å². The number of hydrogen-bond acceptors (Lipinski definition) is 3. The van der Waals surface area contributed by atoms with Gasteiger partial charge in [-0.05, 0) is 6.92 Å². The molecule has 0 bridgehead atoms. The molecule has 0 aliphatic rings. The van der Waals surface area contributed by atoms with Gasteiger partial charge < -0.3 is 9.47 Å². The predicted molar refractivity (Wildman–Crippen MR) is 48.1 cm³/mol. The Balaban J connectivity index is 3.29. The molecule has 0 heterocycles. The number of hydrogen-bond donors (Lipinski definition) is 0. The van der Waals surface area contributed by atoms with Gasteiger partial charge in [0, 0.05) is 7.11 Å². The Morgan fingerprint density at radius 3 is 1.72 bits per heavy atom. The lowest BCUT2D eigenvalue weighted by Crippen LogP contribution is -2.20. The average molecular weight is 270 g/mol. The average Bonchev–Trinajstić information content (AvgIpc) is 2.34. The van der Waals surface area contributed by atoms with Gasteiger partial charge in [-0.15, -0.1) is 0 Å². The van der Waals surface area contributed by atoms with E-state index < -0.39 is 46.9 Å². The highest BCUT2D eigenvalue weighted by atomic mass is 19.2. The molecule has 3 nitrogen and oxygen atoms in total. The third-order valence-corrected chi connectivity index (χ3v) is 2.02. The maximum atomic E-state index is 13.1. The molecule has 0 radical (unpaired) electrons. The van der Waals surface area contributed by atoms with Crippen molar-refractivity contribution in [1.82, 2.24) is 0 Å². The largest absolute Gasteiger partial charge is 0.432 e. The van der Waals surface area contributed by atoms with Gasteiger partial charge in [0.05, 0.1) is 0 Å². The minimum Gasteiger partial charge on any atom is -0.432 e. The number of esters is 1. The molecule has 0 aromatic heterocycles. The quantitative estimate of drug-likeness (QED) is 0.278. The van der Waals surface area contributed by atoms with Crippen LogP contribution in [-0.2, 0) is 9.47 Å². The van der Waals surface area contributed by atoms with Crippen LogP contribution in [0.15, 0.2) is 0 Å². The summed E-state index contributed by atoms with van der Waals surface area (Å²) in [5, 5.41) is 0. The van der Waals surface area contributed by atoms with Crippen molar-refractivity contribution in [2.45, 2.75) is 13.2 Å². The molecule has 0 fully saturated rings. The number of halogens is 5. The smallest absolute Gasteiger partial charge is 0.346 e. The van der Waals surface area contributed by atoms with Crippen molar-refractivity contribution in [2.75, 3.05) is 7.11 Å². The summed E-state index contributed by atoms with van der Waals surface area (Å²) in [6.07, 6.45) is -1.20. The second kappa shape index (κ2) is 5.30. The highest BCUT2D eigenvalue weighted by Gasteiger charge is 2.31. The zero-order valence-electron chi connectivity index (χ0n) is 9.19. The van der Waals surface area contributed by atoms with Gasteiger partial charge in [0.25, 0.3) is 0 Å². The Hall–Kier alpha value is -1.70. The van der Waals surface area contributed by atoms with Crippen molar-refractivity contribution in [1.29, 1.82) is 0 Å². The fourth-order valence-electron chi connectivity index (χ4n) is 1.04. The Kier molecular flexibility index (Phi) is 4.23. The Bertz CT molecular complexity index is 460. The summed E-state index contributed by atoms with van der Waals surface area (Å²) < 4.78 is 73.3. The Morgan fingerprint density at radius 2 is 1.33 bits per heavy atom. The van der Waals surface area contributed by atoms with E-state index in [0.29, 0.717) is 0 Å². The lowest BCUT2D eigenvalue weighted by molar-refractivity contribution is -0.0779. The van der Waals surface area contributed by atoms with Crippen LogP contribution >= 0.6 is 0 Å². The van der Waals surface area contributed by atoms with Gasteiger partial charge in [-0.25, -0.2) is 26.7 Å². The molecule has 0 amide bonds. The van der Waals surface area contributed by atoms with E-state index in [9.17, 15) is 26.7 Å². The molecule has 1 atom stereocenters. The van der Waals surface area contributed by atoms with E-state index in [1.165, 1.54) is 6.92 Å². The van der Waals surface area contributed by atoms with Gasteiger partial charge in [-0.1, -0.05) is 0 Å². The second-order valence-electron chi connectivity index (χ2n) is 3.15. The molecule has 1 aromatic carbocycles. The highest BCUT2D eigenvalue weighted by molar-refractivity contribution is 5.90. The molecule has 0 N–H and O–H groups in total. The lowest BCUT2D eigenvalue weighted by atomic mass is 10.1. The van der Waals surface area contributed by atoms with E-state index in [0.717, 1.165) is 7.11 Å². The van der Waals surface area contributed by atoms with Gasteiger partial charge in [0.15, 0.2) is 29.6 Å². The number of rotatable bonds is 3. The molecule has 0 aliphatic heterocycles. The maximum absolute atomic E-state index is 13.1. The van der Waals surface area contributed by atoms with Crippen LogP contribution in [0.1, 0.15) is 17.3 Å². The van der Waals surface area contributed by atoms with E-state index in [1.54, 1.807) is 0 Å². The molecule has 0 aliphatic carbocycles. The normalized spacial score (nSPS) is 12.4. The van der Waals surface area contributed by atoms with Crippen molar-refractivity contribution < 1.29 is 36.2 Å². The van der Waals surface area contributed by atoms with Crippen LogP contribution in [0.5, 0.6) is 0 Å². The van der Waals surface area contributed by atoms with Crippen molar-refractivity contribution >= 4 is 5.97 Å². The zero-order valence-corrected chi connectivity index (χ0v) is 9.19. The molecule has 0 saturated heterocycles. The number of methoxy groups -OCH3 is 1. The van der Waals surface area contributed by atoms with Gasteiger partial charge in [-0.3, -0.25) is 0 Å². The minimum atomic E-state index is -2.35. The van der Waals surface area contributed by atoms with Crippen molar-refractivity contribution in [3.05, 3.63) is 34.6 Å². The van der Waals surface area contributed by atoms with Crippen LogP contribution in [0.25, 0.3) is 0 Å². The first kappa shape index (κ1) is 14.4. The van der Waals surface area contributed by atoms with Gasteiger partial charge in [0.1, 0.15) is 5.56 Å². The first-order valence-corrected chi connectivity index (χ1v) is 4.56. The summed E-state index contributed by atoms with van der Waals surface area (Å²) >= 11 is 0. The Morgan fingerprint density at radius 1 is 0.944 bits per heavy atom. The fraction of sp³-hybridized carbons (Fsp3) is 0.300. The van der Waals surface area contributed by atoms with Crippen LogP contribution in [-0.4, -0.2) is 19.4 Å². The van der Waals surface area contributed by atoms with E-state index in [1.807, 2.05) is 0 Å². The van der Waals surface area contributed by atoms with E-state index >= 15 is 0 Å². The van der Waals surface area contributed by atoms with Crippen LogP contribution in [0.2, 0.25) is 0 Å². The first-order valence-electron chi connectivity index (χ1n) is 4.56. The van der Waals surface area contributed by atoms with Crippen molar-refractivity contribution in [3.63, 3.8) is 0 Å². The molecular weight excluding hydrogens is 263 g/mol. The first-order chi connectivity index (χ1) is 8.31. The topological polar surface area (TPSA) is 35.5 Å². The molecule has 18 heavy (non-hydrogen) atoms. The molecule has 100 valence electrons. The molecule has 0 spiro atoms. The van der Waals surface area contributed by atoms with Crippen LogP contribution < -0.4 is 0 Å². The molecule has 0 saturated carbocycles. The summed E-state index contributed by atoms with van der Waals surface area (Å²) in [4.78, 5) is 11.2. The molecule has 1 unspecified atom stereocenters. The summed E-state index contributed by atoms with van der Waals surface area (Å²) in [5.41, 5.74) is -1.66. The summed E-state index contributed by atoms with van der Waals surface area (Å²) in [6, 6.07) is 0. The van der Waals surface area contributed by atoms with Crippen LogP contribution in [0.3, 0.4) is 0 Å². The predicted octanol–water partition coefficient (Wildman–Crippen LogP) is 2.53. The molecule has 1 rings (SSSR count). The minimum absolute atomic E-state index is 1.12. The zero-order chi connectivity index (χ0) is 14.0. The SMILES string of the molecule is COC(C)OC(=O)c1c(F)c(F)c(F)c(F)c1F. The standard InChI is InChI=1S/C10H7F5O3/c1-3(17-2)18-10(16)4-5(11)7(13)9(15)8(14)6(4)12/h3H,1-2H3. The molecule has 1 aromatic rings. The third-order valence-electron chi connectivity index (χ3n) is 2.02. The molecular formula is C10H7F5O3. The second-order valence-corrected chi connectivity index (χ2v) is 3.15. The monoisotopic (exact) mass is 270 g/mol. The molecule has 8 heteroatoms. The number of ether oxygens (including phenoxy) is 2. The Labute approximate surface area is 98.1 Å². The summed E-state index contributed by atoms with van der Waals surface area (Å²) in [6.45, 7) is 1.20. The van der Waals surface area contributed by atoms with Crippen LogP contribution in [0, 0.1) is 29.1 Å². The third kappa shape index (κ3) is 2.42. The van der Waals surface area contributed by atoms with E-state index in [2.05, 4.69) is 9.47 Å². The highest BCUT2D eigenvalue weighted by Crippen LogP contribution is 2.23. The number of carbonyl (C=O) groups is 1. The van der Waals surface area contributed by atoms with Crippen molar-refractivity contribution in [3.8, 4) is 0 Å². The van der Waals surface area contributed by atoms with Gasteiger partial charge >= 0.3 is 5.97 Å². The van der Waals surface area contributed by atoms with E-state index in [-0.39, 0.29) is 0 Å². The summed E-state index contributed by atoms with van der Waals surface area (Å²) in [7, 11) is 1.12. The van der Waals surface area contributed by atoms with E-state index in [4.69, 9.17) is 0 Å². The fourth-order valence-corrected chi connectivity index (χ4v) is 1.04.